The maximum atomic E-state index is 11.9. The van der Waals surface area contributed by atoms with E-state index in [1.165, 1.54) is 0 Å². The number of para-hydroxylation sites is 1. The predicted octanol–water partition coefficient (Wildman–Crippen LogP) is 2.47. The average molecular weight is 270 g/mol. The van der Waals surface area contributed by atoms with Gasteiger partial charge in [-0.25, -0.2) is 0 Å². The van der Waals surface area contributed by atoms with E-state index in [1.807, 2.05) is 39.0 Å². The SMILES string of the molecule is CCCNS(=O)(=O)Nc1c(CC)cccc1CC. The van der Waals surface area contributed by atoms with Crippen LogP contribution < -0.4 is 9.44 Å². The van der Waals surface area contributed by atoms with Crippen LogP contribution in [0.15, 0.2) is 18.2 Å². The van der Waals surface area contributed by atoms with E-state index in [2.05, 4.69) is 9.44 Å². The summed E-state index contributed by atoms with van der Waals surface area (Å²) in [5, 5.41) is 0. The summed E-state index contributed by atoms with van der Waals surface area (Å²) in [6, 6.07) is 5.88. The molecule has 0 heterocycles. The second kappa shape index (κ2) is 6.75. The zero-order valence-corrected chi connectivity index (χ0v) is 12.1. The van der Waals surface area contributed by atoms with Crippen molar-refractivity contribution in [3.63, 3.8) is 0 Å². The Kier molecular flexibility index (Phi) is 5.62. The van der Waals surface area contributed by atoms with Crippen LogP contribution in [0.4, 0.5) is 5.69 Å². The van der Waals surface area contributed by atoms with Gasteiger partial charge in [-0.05, 0) is 30.4 Å². The summed E-state index contributed by atoms with van der Waals surface area (Å²) in [7, 11) is -3.46. The van der Waals surface area contributed by atoms with E-state index in [0.717, 1.165) is 36.1 Å². The number of rotatable bonds is 7. The molecule has 1 rings (SSSR count). The molecule has 0 aromatic heterocycles. The highest BCUT2D eigenvalue weighted by molar-refractivity contribution is 7.90. The van der Waals surface area contributed by atoms with Gasteiger partial charge in [0.2, 0.25) is 0 Å². The van der Waals surface area contributed by atoms with Crippen molar-refractivity contribution in [3.05, 3.63) is 29.3 Å². The average Bonchev–Trinajstić information content (AvgIpc) is 2.36. The fraction of sp³-hybridized carbons (Fsp3) is 0.538. The maximum absolute atomic E-state index is 11.9. The summed E-state index contributed by atoms with van der Waals surface area (Å²) < 4.78 is 28.9. The Morgan fingerprint density at radius 2 is 1.61 bits per heavy atom. The molecule has 0 atom stereocenters. The van der Waals surface area contributed by atoms with Crippen LogP contribution in [-0.4, -0.2) is 15.0 Å². The van der Waals surface area contributed by atoms with Gasteiger partial charge >= 0.3 is 0 Å². The molecule has 1 aromatic carbocycles. The minimum absolute atomic E-state index is 0.449. The third-order valence-electron chi connectivity index (χ3n) is 2.78. The first-order valence-electron chi connectivity index (χ1n) is 6.42. The zero-order chi connectivity index (χ0) is 13.6. The lowest BCUT2D eigenvalue weighted by atomic mass is 10.0. The summed E-state index contributed by atoms with van der Waals surface area (Å²) in [5.41, 5.74) is 2.78. The Hall–Kier alpha value is -1.07. The van der Waals surface area contributed by atoms with E-state index in [4.69, 9.17) is 0 Å². The molecule has 0 aliphatic heterocycles. The van der Waals surface area contributed by atoms with E-state index < -0.39 is 10.2 Å². The van der Waals surface area contributed by atoms with Gasteiger partial charge in [-0.1, -0.05) is 39.0 Å². The Bertz CT molecular complexity index is 462. The van der Waals surface area contributed by atoms with Crippen LogP contribution in [0.2, 0.25) is 0 Å². The van der Waals surface area contributed by atoms with Gasteiger partial charge in [-0.3, -0.25) is 4.72 Å². The molecule has 0 fully saturated rings. The van der Waals surface area contributed by atoms with Crippen molar-refractivity contribution in [2.75, 3.05) is 11.3 Å². The lowest BCUT2D eigenvalue weighted by Crippen LogP contribution is -2.31. The number of hydrogen-bond donors (Lipinski definition) is 2. The third kappa shape index (κ3) is 3.99. The highest BCUT2D eigenvalue weighted by atomic mass is 32.2. The van der Waals surface area contributed by atoms with Crippen molar-refractivity contribution in [1.29, 1.82) is 0 Å². The van der Waals surface area contributed by atoms with Crippen LogP contribution >= 0.6 is 0 Å². The second-order valence-corrected chi connectivity index (χ2v) is 5.66. The summed E-state index contributed by atoms with van der Waals surface area (Å²) in [4.78, 5) is 0. The van der Waals surface area contributed by atoms with Gasteiger partial charge in [0.05, 0.1) is 5.69 Å². The van der Waals surface area contributed by atoms with E-state index >= 15 is 0 Å². The summed E-state index contributed by atoms with van der Waals surface area (Å²) in [5.74, 6) is 0. The monoisotopic (exact) mass is 270 g/mol. The van der Waals surface area contributed by atoms with Crippen molar-refractivity contribution in [2.45, 2.75) is 40.0 Å². The molecule has 0 saturated heterocycles. The zero-order valence-electron chi connectivity index (χ0n) is 11.3. The fourth-order valence-corrected chi connectivity index (χ4v) is 2.86. The molecule has 0 aliphatic rings. The van der Waals surface area contributed by atoms with Gasteiger partial charge < -0.3 is 0 Å². The fourth-order valence-electron chi connectivity index (χ4n) is 1.78. The largest absolute Gasteiger partial charge is 0.299 e. The molecule has 1 aromatic rings. The van der Waals surface area contributed by atoms with Crippen molar-refractivity contribution >= 4 is 15.9 Å². The Morgan fingerprint density at radius 1 is 1.06 bits per heavy atom. The summed E-state index contributed by atoms with van der Waals surface area (Å²) >= 11 is 0. The van der Waals surface area contributed by atoms with Crippen LogP contribution in [0.25, 0.3) is 0 Å². The van der Waals surface area contributed by atoms with Gasteiger partial charge in [-0.15, -0.1) is 0 Å². The summed E-state index contributed by atoms with van der Waals surface area (Å²) in [6.07, 6.45) is 2.38. The normalized spacial score (nSPS) is 11.5. The molecule has 5 heteroatoms. The Labute approximate surface area is 110 Å². The van der Waals surface area contributed by atoms with Crippen molar-refractivity contribution < 1.29 is 8.42 Å². The van der Waals surface area contributed by atoms with Gasteiger partial charge in [0.1, 0.15) is 0 Å². The number of anilines is 1. The molecule has 0 saturated carbocycles. The molecule has 0 unspecified atom stereocenters. The first-order chi connectivity index (χ1) is 8.54. The third-order valence-corrected chi connectivity index (χ3v) is 3.83. The number of benzene rings is 1. The number of nitrogens with one attached hydrogen (secondary N) is 2. The lowest BCUT2D eigenvalue weighted by molar-refractivity contribution is 0.586. The number of hydrogen-bond acceptors (Lipinski definition) is 2. The minimum atomic E-state index is -3.46. The first kappa shape index (κ1) is 15.0. The van der Waals surface area contributed by atoms with Gasteiger partial charge in [0.15, 0.2) is 0 Å². The van der Waals surface area contributed by atoms with Crippen LogP contribution in [0.3, 0.4) is 0 Å². The van der Waals surface area contributed by atoms with Crippen LogP contribution in [0, 0.1) is 0 Å². The van der Waals surface area contributed by atoms with E-state index in [1.54, 1.807) is 0 Å². The van der Waals surface area contributed by atoms with E-state index in [9.17, 15) is 8.42 Å². The topological polar surface area (TPSA) is 58.2 Å². The highest BCUT2D eigenvalue weighted by Gasteiger charge is 2.13. The minimum Gasteiger partial charge on any atom is -0.271 e. The molecule has 0 radical (unpaired) electrons. The summed E-state index contributed by atoms with van der Waals surface area (Å²) in [6.45, 7) is 6.42. The predicted molar refractivity (Wildman–Crippen MR) is 76.0 cm³/mol. The Morgan fingerprint density at radius 3 is 2.06 bits per heavy atom. The molecule has 4 nitrogen and oxygen atoms in total. The Balaban J connectivity index is 3.02. The van der Waals surface area contributed by atoms with Crippen LogP contribution in [0.5, 0.6) is 0 Å². The van der Waals surface area contributed by atoms with Gasteiger partial charge in [0, 0.05) is 6.54 Å². The quantitative estimate of drug-likeness (QED) is 0.799. The maximum Gasteiger partial charge on any atom is 0.299 e. The van der Waals surface area contributed by atoms with Crippen molar-refractivity contribution in [1.82, 2.24) is 4.72 Å². The number of aryl methyl sites for hydroxylation is 2. The molecule has 0 aliphatic carbocycles. The van der Waals surface area contributed by atoms with Crippen molar-refractivity contribution in [3.8, 4) is 0 Å². The molecule has 2 N–H and O–H groups in total. The molecular formula is C13H22N2O2S. The molecule has 0 bridgehead atoms. The van der Waals surface area contributed by atoms with Crippen molar-refractivity contribution in [2.24, 2.45) is 0 Å². The standard InChI is InChI=1S/C13H22N2O2S/c1-4-10-14-18(16,17)15-13-11(5-2)8-7-9-12(13)6-3/h7-9,14-15H,4-6,10H2,1-3H3. The lowest BCUT2D eigenvalue weighted by Gasteiger charge is -2.15. The van der Waals surface area contributed by atoms with Crippen LogP contribution in [0.1, 0.15) is 38.3 Å². The van der Waals surface area contributed by atoms with Crippen LogP contribution in [-0.2, 0) is 23.1 Å². The molecular weight excluding hydrogens is 248 g/mol. The highest BCUT2D eigenvalue weighted by Crippen LogP contribution is 2.23. The van der Waals surface area contributed by atoms with Gasteiger partial charge in [0.25, 0.3) is 10.2 Å². The van der Waals surface area contributed by atoms with E-state index in [-0.39, 0.29) is 0 Å². The first-order valence-corrected chi connectivity index (χ1v) is 7.90. The second-order valence-electron chi connectivity index (χ2n) is 4.16. The molecule has 102 valence electrons. The molecule has 18 heavy (non-hydrogen) atoms. The smallest absolute Gasteiger partial charge is 0.271 e. The van der Waals surface area contributed by atoms with E-state index in [0.29, 0.717) is 6.54 Å². The molecule has 0 amide bonds. The van der Waals surface area contributed by atoms with Gasteiger partial charge in [-0.2, -0.15) is 13.1 Å². The molecule has 0 spiro atoms.